The summed E-state index contributed by atoms with van der Waals surface area (Å²) in [5.74, 6) is -1.52. The Kier molecular flexibility index (Phi) is 4.05. The lowest BCUT2D eigenvalue weighted by atomic mass is 10.1. The molecule has 3 N–H and O–H groups in total. The SMILES string of the molecule is Cc1c(C(=O)NCC[C@H](O)C(=O)O)oc2ccccc12. The van der Waals surface area contributed by atoms with Gasteiger partial charge in [-0.25, -0.2) is 4.79 Å². The van der Waals surface area contributed by atoms with Crippen LogP contribution in [0.3, 0.4) is 0 Å². The first-order valence-corrected chi connectivity index (χ1v) is 6.18. The van der Waals surface area contributed by atoms with Gasteiger partial charge in [0.15, 0.2) is 11.9 Å². The van der Waals surface area contributed by atoms with Gasteiger partial charge in [-0.15, -0.1) is 0 Å². The molecule has 2 aromatic rings. The molecule has 1 atom stereocenters. The van der Waals surface area contributed by atoms with E-state index < -0.39 is 18.0 Å². The second-order valence-electron chi connectivity index (χ2n) is 4.45. The van der Waals surface area contributed by atoms with E-state index >= 15 is 0 Å². The molecule has 0 aliphatic carbocycles. The van der Waals surface area contributed by atoms with Gasteiger partial charge in [0.1, 0.15) is 5.58 Å². The summed E-state index contributed by atoms with van der Waals surface area (Å²) >= 11 is 0. The van der Waals surface area contributed by atoms with Crippen molar-refractivity contribution in [3.8, 4) is 0 Å². The summed E-state index contributed by atoms with van der Waals surface area (Å²) in [6.07, 6.45) is -1.53. The Morgan fingerprint density at radius 3 is 2.70 bits per heavy atom. The van der Waals surface area contributed by atoms with Gasteiger partial charge < -0.3 is 19.9 Å². The quantitative estimate of drug-likeness (QED) is 0.765. The first-order valence-electron chi connectivity index (χ1n) is 6.18. The van der Waals surface area contributed by atoms with Crippen molar-refractivity contribution in [2.75, 3.05) is 6.54 Å². The standard InChI is InChI=1S/C14H15NO5/c1-8-9-4-2-3-5-11(9)20-12(8)13(17)15-7-6-10(16)14(18)19/h2-5,10,16H,6-7H2,1H3,(H,15,17)(H,18,19)/t10-/m0/s1. The van der Waals surface area contributed by atoms with Crippen LogP contribution in [0.5, 0.6) is 0 Å². The molecule has 6 nitrogen and oxygen atoms in total. The van der Waals surface area contributed by atoms with Crippen LogP contribution < -0.4 is 5.32 Å². The highest BCUT2D eigenvalue weighted by Gasteiger charge is 2.18. The monoisotopic (exact) mass is 277 g/mol. The minimum absolute atomic E-state index is 0.0552. The average Bonchev–Trinajstić information content (AvgIpc) is 2.76. The lowest BCUT2D eigenvalue weighted by Gasteiger charge is -2.06. The minimum atomic E-state index is -1.48. The number of hydrogen-bond acceptors (Lipinski definition) is 4. The van der Waals surface area contributed by atoms with E-state index in [-0.39, 0.29) is 18.7 Å². The Morgan fingerprint density at radius 2 is 2.05 bits per heavy atom. The second kappa shape index (κ2) is 5.75. The third-order valence-corrected chi connectivity index (χ3v) is 3.04. The number of para-hydroxylation sites is 1. The number of amides is 1. The number of aliphatic carboxylic acids is 1. The zero-order valence-corrected chi connectivity index (χ0v) is 10.9. The van der Waals surface area contributed by atoms with Crippen LogP contribution in [0.4, 0.5) is 0 Å². The van der Waals surface area contributed by atoms with Gasteiger partial charge in [0, 0.05) is 23.9 Å². The largest absolute Gasteiger partial charge is 0.479 e. The Labute approximate surface area is 115 Å². The molecule has 1 aromatic carbocycles. The normalized spacial score (nSPS) is 12.3. The van der Waals surface area contributed by atoms with Gasteiger partial charge in [-0.05, 0) is 13.0 Å². The molecule has 20 heavy (non-hydrogen) atoms. The fourth-order valence-corrected chi connectivity index (χ4v) is 1.92. The van der Waals surface area contributed by atoms with Gasteiger partial charge in [0.25, 0.3) is 5.91 Å². The van der Waals surface area contributed by atoms with Crippen LogP contribution in [-0.2, 0) is 4.79 Å². The zero-order valence-electron chi connectivity index (χ0n) is 10.9. The third kappa shape index (κ3) is 2.80. The molecule has 0 saturated carbocycles. The van der Waals surface area contributed by atoms with Crippen LogP contribution in [0.15, 0.2) is 28.7 Å². The van der Waals surface area contributed by atoms with Crippen LogP contribution in [0, 0.1) is 6.92 Å². The van der Waals surface area contributed by atoms with Crippen molar-refractivity contribution in [3.05, 3.63) is 35.6 Å². The molecule has 0 bridgehead atoms. The van der Waals surface area contributed by atoms with E-state index in [1.54, 1.807) is 13.0 Å². The van der Waals surface area contributed by atoms with E-state index in [0.717, 1.165) is 10.9 Å². The minimum Gasteiger partial charge on any atom is -0.479 e. The van der Waals surface area contributed by atoms with E-state index in [4.69, 9.17) is 14.6 Å². The molecule has 0 saturated heterocycles. The van der Waals surface area contributed by atoms with Crippen molar-refractivity contribution in [1.82, 2.24) is 5.32 Å². The first-order chi connectivity index (χ1) is 9.50. The summed E-state index contributed by atoms with van der Waals surface area (Å²) in [5.41, 5.74) is 1.36. The topological polar surface area (TPSA) is 99.8 Å². The molecule has 1 heterocycles. The number of aliphatic hydroxyl groups is 1. The van der Waals surface area contributed by atoms with E-state index in [0.29, 0.717) is 5.58 Å². The predicted octanol–water partition coefficient (Wildman–Crippen LogP) is 1.31. The molecule has 0 radical (unpaired) electrons. The second-order valence-corrected chi connectivity index (χ2v) is 4.45. The number of carboxylic acids is 1. The molecular formula is C14H15NO5. The lowest BCUT2D eigenvalue weighted by molar-refractivity contribution is -0.146. The van der Waals surface area contributed by atoms with Crippen LogP contribution in [-0.4, -0.2) is 34.7 Å². The van der Waals surface area contributed by atoms with Gasteiger partial charge in [-0.3, -0.25) is 4.79 Å². The van der Waals surface area contributed by atoms with Crippen LogP contribution in [0.2, 0.25) is 0 Å². The summed E-state index contributed by atoms with van der Waals surface area (Å²) in [4.78, 5) is 22.4. The molecule has 0 aliphatic heterocycles. The van der Waals surface area contributed by atoms with E-state index in [1.165, 1.54) is 0 Å². The van der Waals surface area contributed by atoms with Crippen molar-refractivity contribution < 1.29 is 24.2 Å². The van der Waals surface area contributed by atoms with Crippen LogP contribution in [0.25, 0.3) is 11.0 Å². The first kappa shape index (κ1) is 14.1. The van der Waals surface area contributed by atoms with Gasteiger partial charge in [0.05, 0.1) is 0 Å². The molecule has 6 heteroatoms. The Bertz CT molecular complexity index is 646. The number of nitrogens with one attached hydrogen (secondary N) is 1. The number of hydrogen-bond donors (Lipinski definition) is 3. The molecule has 0 spiro atoms. The summed E-state index contributed by atoms with van der Waals surface area (Å²) in [7, 11) is 0. The molecule has 0 aliphatic rings. The van der Waals surface area contributed by atoms with Crippen LogP contribution >= 0.6 is 0 Å². The Hall–Kier alpha value is -2.34. The highest BCUT2D eigenvalue weighted by atomic mass is 16.4. The Balaban J connectivity index is 2.04. The summed E-state index contributed by atoms with van der Waals surface area (Å²) in [6.45, 7) is 1.84. The van der Waals surface area contributed by atoms with E-state index in [9.17, 15) is 9.59 Å². The van der Waals surface area contributed by atoms with Crippen molar-refractivity contribution in [2.45, 2.75) is 19.4 Å². The maximum Gasteiger partial charge on any atom is 0.332 e. The maximum absolute atomic E-state index is 12.0. The molecular weight excluding hydrogens is 262 g/mol. The smallest absolute Gasteiger partial charge is 0.332 e. The summed E-state index contributed by atoms with van der Waals surface area (Å²) in [5, 5.41) is 21.0. The molecule has 2 rings (SSSR count). The van der Waals surface area contributed by atoms with Gasteiger partial charge in [0.2, 0.25) is 0 Å². The fourth-order valence-electron chi connectivity index (χ4n) is 1.92. The highest BCUT2D eigenvalue weighted by molar-refractivity contribution is 5.98. The van der Waals surface area contributed by atoms with Gasteiger partial charge >= 0.3 is 5.97 Å². The van der Waals surface area contributed by atoms with Crippen LogP contribution in [0.1, 0.15) is 22.5 Å². The van der Waals surface area contributed by atoms with Crippen molar-refractivity contribution in [1.29, 1.82) is 0 Å². The number of aryl methyl sites for hydroxylation is 1. The van der Waals surface area contributed by atoms with Crippen molar-refractivity contribution in [2.24, 2.45) is 0 Å². The maximum atomic E-state index is 12.0. The Morgan fingerprint density at radius 1 is 1.35 bits per heavy atom. The molecule has 0 unspecified atom stereocenters. The molecule has 1 amide bonds. The fraction of sp³-hybridized carbons (Fsp3) is 0.286. The van der Waals surface area contributed by atoms with E-state index in [2.05, 4.69) is 5.32 Å². The number of furan rings is 1. The summed E-state index contributed by atoms with van der Waals surface area (Å²) in [6, 6.07) is 7.30. The molecule has 1 aromatic heterocycles. The van der Waals surface area contributed by atoms with Crippen molar-refractivity contribution in [3.63, 3.8) is 0 Å². The van der Waals surface area contributed by atoms with Crippen molar-refractivity contribution >= 4 is 22.8 Å². The highest BCUT2D eigenvalue weighted by Crippen LogP contribution is 2.24. The average molecular weight is 277 g/mol. The number of carboxylic acid groups (broad SMARTS) is 1. The zero-order chi connectivity index (χ0) is 14.7. The number of carbonyl (C=O) groups excluding carboxylic acids is 1. The molecule has 106 valence electrons. The number of aliphatic hydroxyl groups excluding tert-OH is 1. The number of fused-ring (bicyclic) bond motifs is 1. The predicted molar refractivity (Wildman–Crippen MR) is 71.5 cm³/mol. The van der Waals surface area contributed by atoms with Gasteiger partial charge in [-0.2, -0.15) is 0 Å². The third-order valence-electron chi connectivity index (χ3n) is 3.04. The number of benzene rings is 1. The number of carbonyl (C=O) groups is 2. The van der Waals surface area contributed by atoms with Gasteiger partial charge in [-0.1, -0.05) is 18.2 Å². The number of rotatable bonds is 5. The lowest BCUT2D eigenvalue weighted by Crippen LogP contribution is -2.30. The summed E-state index contributed by atoms with van der Waals surface area (Å²) < 4.78 is 5.47. The molecule has 0 fully saturated rings. The van der Waals surface area contributed by atoms with E-state index in [1.807, 2.05) is 18.2 Å².